The van der Waals surface area contributed by atoms with Crippen LogP contribution in [0.25, 0.3) is 6.08 Å². The van der Waals surface area contributed by atoms with Crippen molar-refractivity contribution >= 4 is 17.8 Å². The predicted molar refractivity (Wildman–Crippen MR) is 107 cm³/mol. The third-order valence-electron chi connectivity index (χ3n) is 4.15. The van der Waals surface area contributed by atoms with Crippen LogP contribution in [-0.2, 0) is 6.54 Å². The van der Waals surface area contributed by atoms with Crippen molar-refractivity contribution in [3.63, 3.8) is 0 Å². The number of halogens is 1. The van der Waals surface area contributed by atoms with Crippen LogP contribution in [0.2, 0.25) is 0 Å². The van der Waals surface area contributed by atoms with E-state index in [9.17, 15) is 4.39 Å². The Balaban J connectivity index is 1.81. The van der Waals surface area contributed by atoms with E-state index >= 15 is 0 Å². The Morgan fingerprint density at radius 3 is 2.60 bits per heavy atom. The highest BCUT2D eigenvalue weighted by atomic mass is 32.2. The molecule has 0 aliphatic carbocycles. The largest absolute Gasteiger partial charge is 0.336 e. The number of rotatable bonds is 12. The molecule has 1 aromatic heterocycles. The molecular weight excluding hydrogens is 331 g/mol. The Labute approximate surface area is 155 Å². The van der Waals surface area contributed by atoms with E-state index in [0.29, 0.717) is 5.25 Å². The van der Waals surface area contributed by atoms with E-state index in [1.54, 1.807) is 0 Å². The molecule has 4 heteroatoms. The highest BCUT2D eigenvalue weighted by Crippen LogP contribution is 2.19. The van der Waals surface area contributed by atoms with E-state index < -0.39 is 0 Å². The molecule has 0 radical (unpaired) electrons. The average molecular weight is 361 g/mol. The summed E-state index contributed by atoms with van der Waals surface area (Å²) in [4.78, 5) is 4.13. The van der Waals surface area contributed by atoms with Gasteiger partial charge >= 0.3 is 0 Å². The van der Waals surface area contributed by atoms with Gasteiger partial charge in [-0.2, -0.15) is 11.8 Å². The second-order valence-corrected chi connectivity index (χ2v) is 7.69. The summed E-state index contributed by atoms with van der Waals surface area (Å²) < 4.78 is 15.1. The molecule has 1 unspecified atom stereocenters. The number of thioether (sulfide) groups is 1. The number of imidazole rings is 1. The minimum Gasteiger partial charge on any atom is -0.336 e. The topological polar surface area (TPSA) is 17.8 Å². The van der Waals surface area contributed by atoms with Crippen LogP contribution in [0.4, 0.5) is 4.39 Å². The lowest BCUT2D eigenvalue weighted by atomic mass is 10.1. The third-order valence-corrected chi connectivity index (χ3v) is 5.41. The Morgan fingerprint density at radius 2 is 1.88 bits per heavy atom. The van der Waals surface area contributed by atoms with Crippen LogP contribution in [0, 0.1) is 5.82 Å². The molecule has 2 rings (SSSR count). The molecule has 0 N–H and O–H groups in total. The number of aromatic nitrogens is 2. The minimum atomic E-state index is -0.190. The monoisotopic (exact) mass is 360 g/mol. The summed E-state index contributed by atoms with van der Waals surface area (Å²) in [5.41, 5.74) is 1.04. The molecule has 0 spiro atoms. The average Bonchev–Trinajstić information content (AvgIpc) is 3.13. The van der Waals surface area contributed by atoms with Gasteiger partial charge in [0.05, 0.1) is 6.33 Å². The summed E-state index contributed by atoms with van der Waals surface area (Å²) in [5.74, 6) is 0.990. The molecule has 0 saturated heterocycles. The van der Waals surface area contributed by atoms with Gasteiger partial charge in [0.2, 0.25) is 0 Å². The molecule has 0 bridgehead atoms. The predicted octanol–water partition coefficient (Wildman–Crippen LogP) is 6.20. The molecule has 0 aliphatic heterocycles. The number of hydrogen-bond donors (Lipinski definition) is 0. The van der Waals surface area contributed by atoms with Crippen LogP contribution in [0.5, 0.6) is 0 Å². The van der Waals surface area contributed by atoms with Crippen molar-refractivity contribution in [1.29, 1.82) is 0 Å². The SMILES string of the molecule is CCCCCCCCSC(/C=C/c1ccc(F)cc1)Cn1ccnc1. The molecule has 0 amide bonds. The van der Waals surface area contributed by atoms with Gasteiger partial charge in [-0.3, -0.25) is 0 Å². The zero-order chi connectivity index (χ0) is 17.7. The fourth-order valence-corrected chi connectivity index (χ4v) is 3.82. The maximum atomic E-state index is 13.0. The summed E-state index contributed by atoms with van der Waals surface area (Å²) in [5, 5.41) is 0.398. The van der Waals surface area contributed by atoms with E-state index in [1.807, 2.05) is 42.6 Å². The van der Waals surface area contributed by atoms with Gasteiger partial charge in [-0.1, -0.05) is 63.3 Å². The number of nitrogens with zero attached hydrogens (tertiary/aromatic N) is 2. The third kappa shape index (κ3) is 8.39. The number of unbranched alkanes of at least 4 members (excludes halogenated alkanes) is 5. The lowest BCUT2D eigenvalue weighted by Gasteiger charge is -2.13. The first-order chi connectivity index (χ1) is 12.3. The van der Waals surface area contributed by atoms with Gasteiger partial charge in [-0.05, 0) is 29.9 Å². The van der Waals surface area contributed by atoms with Crippen LogP contribution in [0.3, 0.4) is 0 Å². The van der Waals surface area contributed by atoms with E-state index in [2.05, 4.69) is 28.6 Å². The van der Waals surface area contributed by atoms with Gasteiger partial charge in [0.1, 0.15) is 5.82 Å². The summed E-state index contributed by atoms with van der Waals surface area (Å²) in [6, 6.07) is 6.65. The highest BCUT2D eigenvalue weighted by Gasteiger charge is 2.06. The van der Waals surface area contributed by atoms with Gasteiger partial charge < -0.3 is 4.57 Å². The lowest BCUT2D eigenvalue weighted by Crippen LogP contribution is -2.10. The molecular formula is C21H29FN2S. The van der Waals surface area contributed by atoms with Crippen LogP contribution in [0.15, 0.2) is 49.1 Å². The molecule has 2 nitrogen and oxygen atoms in total. The molecule has 0 saturated carbocycles. The van der Waals surface area contributed by atoms with E-state index in [-0.39, 0.29) is 5.82 Å². The van der Waals surface area contributed by atoms with Crippen LogP contribution >= 0.6 is 11.8 Å². The standard InChI is InChI=1S/C21H29FN2S/c1-2-3-4-5-6-7-16-25-21(17-24-15-14-23-18-24)13-10-19-8-11-20(22)12-9-19/h8-15,18,21H,2-7,16-17H2,1H3/b13-10+. The summed E-state index contributed by atoms with van der Waals surface area (Å²) in [7, 11) is 0. The van der Waals surface area contributed by atoms with Crippen molar-refractivity contribution in [2.75, 3.05) is 5.75 Å². The zero-order valence-electron chi connectivity index (χ0n) is 15.1. The second-order valence-electron chi connectivity index (χ2n) is 6.35. The summed E-state index contributed by atoms with van der Waals surface area (Å²) in [6.07, 6.45) is 18.0. The molecule has 136 valence electrons. The van der Waals surface area contributed by atoms with Gasteiger partial charge in [0, 0.05) is 24.2 Å². The Bertz CT molecular complexity index is 593. The van der Waals surface area contributed by atoms with Crippen molar-refractivity contribution in [2.24, 2.45) is 0 Å². The Kier molecular flexibility index (Phi) is 9.42. The molecule has 25 heavy (non-hydrogen) atoms. The van der Waals surface area contributed by atoms with Gasteiger partial charge in [-0.15, -0.1) is 0 Å². The van der Waals surface area contributed by atoms with E-state index in [1.165, 1.54) is 56.4 Å². The summed E-state index contributed by atoms with van der Waals surface area (Å²) >= 11 is 2.00. The van der Waals surface area contributed by atoms with Gasteiger partial charge in [0.15, 0.2) is 0 Å². The fraction of sp³-hybridized carbons (Fsp3) is 0.476. The van der Waals surface area contributed by atoms with Crippen LogP contribution < -0.4 is 0 Å². The molecule has 1 atom stereocenters. The smallest absolute Gasteiger partial charge is 0.123 e. The summed E-state index contributed by atoms with van der Waals surface area (Å²) in [6.45, 7) is 3.17. The van der Waals surface area contributed by atoms with E-state index in [0.717, 1.165) is 12.1 Å². The number of benzene rings is 1. The van der Waals surface area contributed by atoms with Crippen LogP contribution in [-0.4, -0.2) is 20.6 Å². The lowest BCUT2D eigenvalue weighted by molar-refractivity contribution is 0.626. The first kappa shape index (κ1) is 19.8. The Morgan fingerprint density at radius 1 is 1.12 bits per heavy atom. The Hall–Kier alpha value is -1.55. The molecule has 2 aromatic rings. The molecule has 1 heterocycles. The van der Waals surface area contributed by atoms with Gasteiger partial charge in [-0.25, -0.2) is 9.37 Å². The first-order valence-electron chi connectivity index (χ1n) is 9.29. The maximum Gasteiger partial charge on any atom is 0.123 e. The molecule has 0 fully saturated rings. The second kappa shape index (κ2) is 11.9. The van der Waals surface area contributed by atoms with Crippen molar-refractivity contribution < 1.29 is 4.39 Å². The molecule has 1 aromatic carbocycles. The zero-order valence-corrected chi connectivity index (χ0v) is 15.9. The quantitative estimate of drug-likeness (QED) is 0.419. The van der Waals surface area contributed by atoms with Crippen molar-refractivity contribution in [3.05, 3.63) is 60.4 Å². The number of hydrogen-bond acceptors (Lipinski definition) is 2. The van der Waals surface area contributed by atoms with Crippen LogP contribution in [0.1, 0.15) is 51.0 Å². The van der Waals surface area contributed by atoms with Gasteiger partial charge in [0.25, 0.3) is 0 Å². The minimum absolute atomic E-state index is 0.190. The maximum absolute atomic E-state index is 13.0. The fourth-order valence-electron chi connectivity index (χ4n) is 2.68. The highest BCUT2D eigenvalue weighted by molar-refractivity contribution is 8.00. The van der Waals surface area contributed by atoms with Crippen molar-refractivity contribution in [1.82, 2.24) is 9.55 Å². The normalized spacial score (nSPS) is 12.7. The first-order valence-corrected chi connectivity index (χ1v) is 10.3. The van der Waals surface area contributed by atoms with Crippen molar-refractivity contribution in [3.8, 4) is 0 Å². The molecule has 0 aliphatic rings. The van der Waals surface area contributed by atoms with Crippen molar-refractivity contribution in [2.45, 2.75) is 57.2 Å². The van der Waals surface area contributed by atoms with E-state index in [4.69, 9.17) is 0 Å².